The van der Waals surface area contributed by atoms with Crippen molar-refractivity contribution in [2.45, 2.75) is 29.5 Å². The summed E-state index contributed by atoms with van der Waals surface area (Å²) in [7, 11) is 1.56. The zero-order valence-electron chi connectivity index (χ0n) is 17.2. The highest BCUT2D eigenvalue weighted by Gasteiger charge is 2.56. The van der Waals surface area contributed by atoms with Crippen molar-refractivity contribution < 1.29 is 29.3 Å². The molecule has 2 aliphatic rings. The number of rotatable bonds is 7. The molecular formula is C23H22N2O6S. The first-order chi connectivity index (χ1) is 15.4. The minimum absolute atomic E-state index is 0.115. The Balaban J connectivity index is 1.51. The smallest absolute Gasteiger partial charge is 0.356 e. The lowest BCUT2D eigenvalue weighted by molar-refractivity contribution is -0.151. The van der Waals surface area contributed by atoms with Crippen LogP contribution in [-0.4, -0.2) is 56.7 Å². The molecule has 3 N–H and O–H groups in total. The Morgan fingerprint density at radius 3 is 2.41 bits per heavy atom. The molecule has 1 saturated heterocycles. The van der Waals surface area contributed by atoms with Gasteiger partial charge in [0, 0.05) is 0 Å². The van der Waals surface area contributed by atoms with Crippen LogP contribution >= 0.6 is 11.8 Å². The van der Waals surface area contributed by atoms with Gasteiger partial charge in [-0.15, -0.1) is 11.8 Å². The molecule has 0 aliphatic carbocycles. The minimum Gasteiger partial charge on any atom is -0.509 e. The molecule has 2 aromatic rings. The predicted molar refractivity (Wildman–Crippen MR) is 118 cm³/mol. The number of nitrogens with zero attached hydrogens (tertiary/aromatic N) is 1. The fraction of sp³-hybridized carbons (Fsp3) is 0.261. The highest BCUT2D eigenvalue weighted by molar-refractivity contribution is 8.00. The fourth-order valence-corrected chi connectivity index (χ4v) is 5.36. The molecule has 1 fully saturated rings. The highest BCUT2D eigenvalue weighted by Crippen LogP contribution is 2.44. The summed E-state index contributed by atoms with van der Waals surface area (Å²) in [5.74, 6) is -1.91. The number of ether oxygens (including phenoxy) is 1. The van der Waals surface area contributed by atoms with Crippen LogP contribution in [-0.2, 0) is 27.2 Å². The number of carboxylic acid groups (broad SMARTS) is 1. The third-order valence-electron chi connectivity index (χ3n) is 5.44. The third-order valence-corrected chi connectivity index (χ3v) is 6.92. The number of amides is 2. The standard InChI is InChI=1S/C23H22N2O6S/c1-31-15-9-7-14(8-10-15)11-16-20(27)19(23(29)30)25-21(28)18(22(25)32-16)24-17(26)12-13-5-3-2-4-6-13/h2-10,16,18,22,27H,11-12H2,1H3,(H,24,26)(H,29,30)/t16?,18?,22-/m1/s1. The first-order valence-corrected chi connectivity index (χ1v) is 10.9. The summed E-state index contributed by atoms with van der Waals surface area (Å²) >= 11 is 1.26. The Hall–Kier alpha value is -3.46. The average molecular weight is 455 g/mol. The fourth-order valence-electron chi connectivity index (χ4n) is 3.82. The lowest BCUT2D eigenvalue weighted by Crippen LogP contribution is -2.71. The molecule has 8 nitrogen and oxygen atoms in total. The number of aliphatic hydroxyl groups excluding tert-OH is 1. The van der Waals surface area contributed by atoms with E-state index in [9.17, 15) is 24.6 Å². The lowest BCUT2D eigenvalue weighted by atomic mass is 10.0. The van der Waals surface area contributed by atoms with E-state index in [4.69, 9.17) is 4.74 Å². The maximum Gasteiger partial charge on any atom is 0.356 e. The summed E-state index contributed by atoms with van der Waals surface area (Å²) in [5, 5.41) is 21.8. The summed E-state index contributed by atoms with van der Waals surface area (Å²) in [4.78, 5) is 38.0. The van der Waals surface area contributed by atoms with Gasteiger partial charge in [0.2, 0.25) is 5.91 Å². The van der Waals surface area contributed by atoms with Crippen molar-refractivity contribution in [1.82, 2.24) is 10.2 Å². The molecule has 4 rings (SSSR count). The summed E-state index contributed by atoms with van der Waals surface area (Å²) < 4.78 is 5.15. The van der Waals surface area contributed by atoms with E-state index in [1.165, 1.54) is 11.8 Å². The Kier molecular flexibility index (Phi) is 6.09. The van der Waals surface area contributed by atoms with Crippen LogP contribution in [0.1, 0.15) is 11.1 Å². The van der Waals surface area contributed by atoms with Gasteiger partial charge in [0.25, 0.3) is 5.91 Å². The second-order valence-electron chi connectivity index (χ2n) is 7.52. The lowest BCUT2D eigenvalue weighted by Gasteiger charge is -2.50. The topological polar surface area (TPSA) is 116 Å². The van der Waals surface area contributed by atoms with Crippen LogP contribution in [0.5, 0.6) is 5.75 Å². The van der Waals surface area contributed by atoms with Crippen LogP contribution in [0.2, 0.25) is 0 Å². The Morgan fingerprint density at radius 1 is 1.09 bits per heavy atom. The van der Waals surface area contributed by atoms with E-state index < -0.39 is 34.2 Å². The molecule has 0 radical (unpaired) electrons. The normalized spacial score (nSPS) is 22.1. The molecule has 0 saturated carbocycles. The Labute approximate surface area is 188 Å². The molecule has 0 spiro atoms. The predicted octanol–water partition coefficient (Wildman–Crippen LogP) is 2.10. The highest BCUT2D eigenvalue weighted by atomic mass is 32.2. The molecule has 2 amide bonds. The van der Waals surface area contributed by atoms with Crippen LogP contribution < -0.4 is 10.1 Å². The zero-order valence-corrected chi connectivity index (χ0v) is 18.0. The number of benzene rings is 2. The Morgan fingerprint density at radius 2 is 1.78 bits per heavy atom. The first kappa shape index (κ1) is 21.8. The summed E-state index contributed by atoms with van der Waals surface area (Å²) in [6, 6.07) is 15.5. The maximum atomic E-state index is 12.7. The van der Waals surface area contributed by atoms with E-state index in [0.717, 1.165) is 16.0 Å². The van der Waals surface area contributed by atoms with Crippen molar-refractivity contribution in [2.24, 2.45) is 0 Å². The van der Waals surface area contributed by atoms with Crippen LogP contribution in [0.3, 0.4) is 0 Å². The van der Waals surface area contributed by atoms with Gasteiger partial charge in [0.05, 0.1) is 18.8 Å². The number of methoxy groups -OCH3 is 1. The number of carbonyl (C=O) groups is 3. The average Bonchev–Trinajstić information content (AvgIpc) is 2.79. The van der Waals surface area contributed by atoms with Crippen molar-refractivity contribution in [1.29, 1.82) is 0 Å². The van der Waals surface area contributed by atoms with E-state index in [1.54, 1.807) is 19.2 Å². The number of hydrogen-bond acceptors (Lipinski definition) is 6. The molecule has 2 unspecified atom stereocenters. The maximum absolute atomic E-state index is 12.7. The largest absolute Gasteiger partial charge is 0.509 e. The van der Waals surface area contributed by atoms with Gasteiger partial charge in [-0.2, -0.15) is 0 Å². The van der Waals surface area contributed by atoms with E-state index in [0.29, 0.717) is 12.2 Å². The number of carbonyl (C=O) groups excluding carboxylic acids is 2. The van der Waals surface area contributed by atoms with Crippen molar-refractivity contribution in [3.63, 3.8) is 0 Å². The monoisotopic (exact) mass is 454 g/mol. The van der Waals surface area contributed by atoms with E-state index in [2.05, 4.69) is 5.32 Å². The summed E-state index contributed by atoms with van der Waals surface area (Å²) in [6.07, 6.45) is 0.477. The van der Waals surface area contributed by atoms with Gasteiger partial charge >= 0.3 is 5.97 Å². The number of β-lactam (4-membered cyclic amide) rings is 1. The minimum atomic E-state index is -1.38. The first-order valence-electron chi connectivity index (χ1n) is 10.00. The molecule has 3 atom stereocenters. The number of fused-ring (bicyclic) bond motifs is 1. The van der Waals surface area contributed by atoms with Crippen LogP contribution in [0.15, 0.2) is 66.1 Å². The van der Waals surface area contributed by atoms with Crippen molar-refractivity contribution >= 4 is 29.5 Å². The van der Waals surface area contributed by atoms with Crippen molar-refractivity contribution in [2.75, 3.05) is 7.11 Å². The van der Waals surface area contributed by atoms with Gasteiger partial charge in [-0.25, -0.2) is 4.79 Å². The van der Waals surface area contributed by atoms with Crippen molar-refractivity contribution in [3.8, 4) is 5.75 Å². The zero-order chi connectivity index (χ0) is 22.8. The van der Waals surface area contributed by atoms with Crippen LogP contribution in [0.4, 0.5) is 0 Å². The van der Waals surface area contributed by atoms with E-state index >= 15 is 0 Å². The number of thioether (sulfide) groups is 1. The van der Waals surface area contributed by atoms with Gasteiger partial charge in [-0.1, -0.05) is 42.5 Å². The third kappa shape index (κ3) is 4.16. The molecule has 166 valence electrons. The van der Waals surface area contributed by atoms with Gasteiger partial charge in [-0.3, -0.25) is 14.5 Å². The number of carboxylic acids is 1. The molecular weight excluding hydrogens is 432 g/mol. The summed E-state index contributed by atoms with van der Waals surface area (Å²) in [5.41, 5.74) is 1.26. The van der Waals surface area contributed by atoms with Gasteiger partial charge < -0.3 is 20.3 Å². The number of nitrogens with one attached hydrogen (secondary N) is 1. The van der Waals surface area contributed by atoms with Crippen LogP contribution in [0.25, 0.3) is 0 Å². The summed E-state index contributed by atoms with van der Waals surface area (Å²) in [6.45, 7) is 0. The molecule has 2 aliphatic heterocycles. The number of aliphatic carboxylic acids is 1. The second kappa shape index (κ2) is 8.96. The van der Waals surface area contributed by atoms with Gasteiger partial charge in [0.1, 0.15) is 22.9 Å². The van der Waals surface area contributed by atoms with E-state index in [-0.39, 0.29) is 18.1 Å². The Bertz CT molecular complexity index is 1070. The number of aliphatic hydroxyl groups is 1. The van der Waals surface area contributed by atoms with E-state index in [1.807, 2.05) is 42.5 Å². The van der Waals surface area contributed by atoms with Crippen LogP contribution in [0, 0.1) is 0 Å². The molecule has 2 heterocycles. The van der Waals surface area contributed by atoms with Gasteiger partial charge in [-0.05, 0) is 29.7 Å². The van der Waals surface area contributed by atoms with Gasteiger partial charge in [0.15, 0.2) is 5.70 Å². The quantitative estimate of drug-likeness (QED) is 0.549. The molecule has 0 bridgehead atoms. The van der Waals surface area contributed by atoms with Crippen molar-refractivity contribution in [3.05, 3.63) is 77.2 Å². The second-order valence-corrected chi connectivity index (χ2v) is 8.85. The SMILES string of the molecule is COc1ccc(CC2S[C@@H]3C(NC(=O)Cc4ccccc4)C(=O)N3C(C(=O)O)=C2O)cc1. The molecule has 2 aromatic carbocycles. The molecule has 32 heavy (non-hydrogen) atoms. The number of hydrogen-bond donors (Lipinski definition) is 3. The molecule has 0 aromatic heterocycles. The molecule has 9 heteroatoms.